The molecule has 0 atom stereocenters. The smallest absolute Gasteiger partial charge is 0.251 e. The maximum absolute atomic E-state index is 12.2. The number of aromatic nitrogens is 2. The number of benzene rings is 2. The summed E-state index contributed by atoms with van der Waals surface area (Å²) in [4.78, 5) is 33.0. The summed E-state index contributed by atoms with van der Waals surface area (Å²) in [6.07, 6.45) is 3.47. The Morgan fingerprint density at radius 2 is 1.67 bits per heavy atom. The van der Waals surface area contributed by atoms with Crippen molar-refractivity contribution in [2.45, 2.75) is 4.90 Å². The molecule has 0 bridgehead atoms. The summed E-state index contributed by atoms with van der Waals surface area (Å²) in [5, 5.41) is 7.39. The van der Waals surface area contributed by atoms with Gasteiger partial charge in [-0.15, -0.1) is 11.3 Å². The topological polar surface area (TPSA) is 118 Å². The highest BCUT2D eigenvalue weighted by atomic mass is 32.2. The van der Waals surface area contributed by atoms with Gasteiger partial charge >= 0.3 is 0 Å². The molecule has 0 saturated carbocycles. The van der Waals surface area contributed by atoms with Crippen molar-refractivity contribution in [3.8, 4) is 22.4 Å². The fourth-order valence-electron chi connectivity index (χ4n) is 3.05. The molecule has 2 N–H and O–H groups in total. The predicted molar refractivity (Wildman–Crippen MR) is 127 cm³/mol. The molecule has 0 aliphatic rings. The van der Waals surface area contributed by atoms with Gasteiger partial charge in [-0.25, -0.2) is 13.4 Å². The van der Waals surface area contributed by atoms with E-state index in [1.807, 2.05) is 41.8 Å². The first kappa shape index (κ1) is 22.3. The standard InChI is InChI=1S/C23H18N4O4S2/c28-21(13-25-22(29)18-5-2-6-19(12-18)33(30)31)27-23-26-20(14-32-23)17-4-1-3-16(11-17)15-7-9-24-10-8-15/h1-12,14,33H,13H2,(H,25,29)(H,26,27,28). The second-order valence-electron chi connectivity index (χ2n) is 6.89. The number of nitrogens with one attached hydrogen (secondary N) is 2. The summed E-state index contributed by atoms with van der Waals surface area (Å²) in [7, 11) is -2.79. The van der Waals surface area contributed by atoms with Gasteiger partial charge in [-0.3, -0.25) is 14.6 Å². The molecule has 2 aromatic heterocycles. The number of rotatable bonds is 7. The Kier molecular flexibility index (Phi) is 6.86. The highest BCUT2D eigenvalue weighted by Gasteiger charge is 2.12. The third kappa shape index (κ3) is 5.68. The summed E-state index contributed by atoms with van der Waals surface area (Å²) < 4.78 is 22.1. The van der Waals surface area contributed by atoms with Gasteiger partial charge in [0, 0.05) is 28.9 Å². The van der Waals surface area contributed by atoms with E-state index in [1.165, 1.54) is 35.6 Å². The molecule has 0 radical (unpaired) electrons. The van der Waals surface area contributed by atoms with Crippen LogP contribution in [0.15, 0.2) is 83.3 Å². The molecule has 8 nitrogen and oxygen atoms in total. The Balaban J connectivity index is 1.37. The molecule has 2 aromatic carbocycles. The summed E-state index contributed by atoms with van der Waals surface area (Å²) in [5.41, 5.74) is 3.86. The van der Waals surface area contributed by atoms with E-state index in [1.54, 1.807) is 12.4 Å². The summed E-state index contributed by atoms with van der Waals surface area (Å²) >= 11 is 1.28. The molecule has 0 aliphatic carbocycles. The van der Waals surface area contributed by atoms with Crippen LogP contribution in [0.1, 0.15) is 10.4 Å². The van der Waals surface area contributed by atoms with E-state index in [9.17, 15) is 18.0 Å². The molecular formula is C23H18N4O4S2. The van der Waals surface area contributed by atoms with Gasteiger partial charge in [-0.2, -0.15) is 0 Å². The van der Waals surface area contributed by atoms with Crippen molar-refractivity contribution in [1.82, 2.24) is 15.3 Å². The summed E-state index contributed by atoms with van der Waals surface area (Å²) in [5.74, 6) is -0.988. The minimum absolute atomic E-state index is 0.0328. The van der Waals surface area contributed by atoms with E-state index < -0.39 is 22.5 Å². The van der Waals surface area contributed by atoms with Crippen LogP contribution >= 0.6 is 11.3 Å². The third-order valence-electron chi connectivity index (χ3n) is 4.65. The fourth-order valence-corrected chi connectivity index (χ4v) is 4.24. The zero-order chi connectivity index (χ0) is 23.2. The van der Waals surface area contributed by atoms with Gasteiger partial charge in [0.2, 0.25) is 5.91 Å². The Morgan fingerprint density at radius 1 is 0.909 bits per heavy atom. The summed E-state index contributed by atoms with van der Waals surface area (Å²) in [6, 6.07) is 17.3. The molecule has 0 unspecified atom stereocenters. The number of thiazole rings is 1. The first-order chi connectivity index (χ1) is 16.0. The molecule has 2 heterocycles. The van der Waals surface area contributed by atoms with Crippen LogP contribution in [-0.4, -0.2) is 36.7 Å². The van der Waals surface area contributed by atoms with E-state index >= 15 is 0 Å². The monoisotopic (exact) mass is 478 g/mol. The molecule has 0 aliphatic heterocycles. The molecule has 0 spiro atoms. The maximum Gasteiger partial charge on any atom is 0.251 e. The first-order valence-corrected chi connectivity index (χ1v) is 11.8. The van der Waals surface area contributed by atoms with Gasteiger partial charge in [0.05, 0.1) is 17.1 Å². The average molecular weight is 479 g/mol. The Bertz CT molecular complexity index is 1380. The van der Waals surface area contributed by atoms with Gasteiger partial charge in [-0.1, -0.05) is 24.3 Å². The van der Waals surface area contributed by atoms with Crippen LogP contribution in [0.25, 0.3) is 22.4 Å². The Labute approximate surface area is 195 Å². The maximum atomic E-state index is 12.2. The number of hydrogen-bond acceptors (Lipinski definition) is 7. The van der Waals surface area contributed by atoms with Crippen molar-refractivity contribution in [2.24, 2.45) is 0 Å². The zero-order valence-corrected chi connectivity index (χ0v) is 18.8. The van der Waals surface area contributed by atoms with Crippen LogP contribution in [0.4, 0.5) is 5.13 Å². The largest absolute Gasteiger partial charge is 0.343 e. The van der Waals surface area contributed by atoms with E-state index in [2.05, 4.69) is 20.6 Å². The predicted octanol–water partition coefficient (Wildman–Crippen LogP) is 3.21. The molecule has 4 aromatic rings. The Morgan fingerprint density at radius 3 is 2.45 bits per heavy atom. The second kappa shape index (κ2) is 10.2. The fraction of sp³-hybridized carbons (Fsp3) is 0.0435. The number of hydrogen-bond donors (Lipinski definition) is 3. The number of pyridine rings is 1. The second-order valence-corrected chi connectivity index (χ2v) is 8.78. The van der Waals surface area contributed by atoms with Crippen molar-refractivity contribution in [3.63, 3.8) is 0 Å². The molecule has 0 fully saturated rings. The van der Waals surface area contributed by atoms with Crippen molar-refractivity contribution in [1.29, 1.82) is 0 Å². The van der Waals surface area contributed by atoms with E-state index in [4.69, 9.17) is 0 Å². The van der Waals surface area contributed by atoms with Crippen LogP contribution in [0.2, 0.25) is 0 Å². The van der Waals surface area contributed by atoms with Gasteiger partial charge in [0.15, 0.2) is 15.8 Å². The molecule has 0 saturated heterocycles. The average Bonchev–Trinajstić information content (AvgIpc) is 3.31. The quantitative estimate of drug-likeness (QED) is 0.351. The number of carbonyl (C=O) groups excluding carboxylic acids is 2. The van der Waals surface area contributed by atoms with Crippen molar-refractivity contribution in [3.05, 3.63) is 84.0 Å². The summed E-state index contributed by atoms with van der Waals surface area (Å²) in [6.45, 7) is -0.279. The van der Waals surface area contributed by atoms with Crippen LogP contribution in [0, 0.1) is 0 Å². The van der Waals surface area contributed by atoms with Crippen molar-refractivity contribution < 1.29 is 18.0 Å². The van der Waals surface area contributed by atoms with Gasteiger partial charge in [0.25, 0.3) is 5.91 Å². The minimum Gasteiger partial charge on any atom is -0.343 e. The lowest BCUT2D eigenvalue weighted by atomic mass is 10.0. The highest BCUT2D eigenvalue weighted by molar-refractivity contribution is 7.72. The minimum atomic E-state index is -2.79. The van der Waals surface area contributed by atoms with Gasteiger partial charge < -0.3 is 10.6 Å². The molecular weight excluding hydrogens is 460 g/mol. The normalized spacial score (nSPS) is 10.7. The number of thiol groups is 1. The van der Waals surface area contributed by atoms with Gasteiger partial charge in [0.1, 0.15) is 0 Å². The van der Waals surface area contributed by atoms with Crippen LogP contribution < -0.4 is 10.6 Å². The van der Waals surface area contributed by atoms with Crippen molar-refractivity contribution >= 4 is 39.0 Å². The molecule has 4 rings (SSSR count). The van der Waals surface area contributed by atoms with Crippen LogP contribution in [0.3, 0.4) is 0 Å². The first-order valence-electron chi connectivity index (χ1n) is 9.78. The Hall–Kier alpha value is -3.89. The van der Waals surface area contributed by atoms with E-state index in [0.29, 0.717) is 5.13 Å². The number of amides is 2. The zero-order valence-electron chi connectivity index (χ0n) is 17.1. The molecule has 10 heteroatoms. The highest BCUT2D eigenvalue weighted by Crippen LogP contribution is 2.28. The van der Waals surface area contributed by atoms with E-state index in [0.717, 1.165) is 22.4 Å². The lowest BCUT2D eigenvalue weighted by Gasteiger charge is -2.06. The number of anilines is 1. The van der Waals surface area contributed by atoms with Crippen molar-refractivity contribution in [2.75, 3.05) is 11.9 Å². The van der Waals surface area contributed by atoms with Crippen LogP contribution in [0.5, 0.6) is 0 Å². The molecule has 166 valence electrons. The third-order valence-corrected chi connectivity index (χ3v) is 6.11. The molecule has 33 heavy (non-hydrogen) atoms. The lowest BCUT2D eigenvalue weighted by molar-refractivity contribution is -0.115. The molecule has 2 amide bonds. The van der Waals surface area contributed by atoms with Crippen LogP contribution in [-0.2, 0) is 15.5 Å². The van der Waals surface area contributed by atoms with E-state index in [-0.39, 0.29) is 17.0 Å². The SMILES string of the molecule is O=C(CNC(=O)c1cccc([SH](=O)=O)c1)Nc1nc(-c2cccc(-c3ccncc3)c2)cs1. The lowest BCUT2D eigenvalue weighted by Crippen LogP contribution is -2.32. The number of carbonyl (C=O) groups is 2. The number of nitrogens with zero attached hydrogens (tertiary/aromatic N) is 2. The van der Waals surface area contributed by atoms with Gasteiger partial charge in [-0.05, 0) is 47.5 Å².